The van der Waals surface area contributed by atoms with Crippen LogP contribution in [0.4, 0.5) is 5.69 Å². The number of hydrogen-bond donors (Lipinski definition) is 4. The largest absolute Gasteiger partial charge is 0.390 e. The summed E-state index contributed by atoms with van der Waals surface area (Å²) in [5.74, 6) is 0. The number of anilines is 1. The molecular formula is C11H15N5O2S. The molecule has 7 nitrogen and oxygen atoms in total. The number of aliphatic hydroxyl groups excluding tert-OH is 2. The van der Waals surface area contributed by atoms with Crippen molar-refractivity contribution in [3.8, 4) is 0 Å². The SMILES string of the molecule is [N-]=[N+]=NCCC(O)C(O)c1ccc(NC(N)=S)cc1. The molecule has 0 fully saturated rings. The minimum atomic E-state index is -1.03. The summed E-state index contributed by atoms with van der Waals surface area (Å²) in [6.07, 6.45) is -1.83. The molecular weight excluding hydrogens is 266 g/mol. The summed E-state index contributed by atoms with van der Waals surface area (Å²) in [5.41, 5.74) is 14.7. The highest BCUT2D eigenvalue weighted by Crippen LogP contribution is 2.21. The number of hydrogen-bond acceptors (Lipinski definition) is 4. The molecule has 2 unspecified atom stereocenters. The smallest absolute Gasteiger partial charge is 0.168 e. The molecule has 8 heteroatoms. The van der Waals surface area contributed by atoms with Crippen LogP contribution in [0, 0.1) is 0 Å². The lowest BCUT2D eigenvalue weighted by Crippen LogP contribution is -2.20. The zero-order chi connectivity index (χ0) is 14.3. The van der Waals surface area contributed by atoms with Gasteiger partial charge in [0.05, 0.1) is 6.10 Å². The van der Waals surface area contributed by atoms with Crippen molar-refractivity contribution in [1.29, 1.82) is 0 Å². The molecule has 2 atom stereocenters. The Morgan fingerprint density at radius 1 is 1.42 bits per heavy atom. The van der Waals surface area contributed by atoms with Gasteiger partial charge in [0.25, 0.3) is 0 Å². The second-order valence-electron chi connectivity index (χ2n) is 3.87. The lowest BCUT2D eigenvalue weighted by molar-refractivity contribution is 0.0150. The molecule has 1 aromatic carbocycles. The minimum absolute atomic E-state index is 0.135. The summed E-state index contributed by atoms with van der Waals surface area (Å²) in [4.78, 5) is 2.58. The van der Waals surface area contributed by atoms with Crippen molar-refractivity contribution < 1.29 is 10.2 Å². The summed E-state index contributed by atoms with van der Waals surface area (Å²) >= 11 is 4.70. The van der Waals surface area contributed by atoms with E-state index in [2.05, 4.69) is 15.3 Å². The standard InChI is InChI=1S/C11H15N5O2S/c12-11(19)15-8-3-1-7(2-4-8)10(18)9(17)5-6-14-16-13/h1-4,9-10,17-18H,5-6H2,(H3,12,15,19). The first-order valence-electron chi connectivity index (χ1n) is 5.58. The predicted octanol–water partition coefficient (Wildman–Crippen LogP) is 1.44. The Morgan fingerprint density at radius 3 is 2.58 bits per heavy atom. The van der Waals surface area contributed by atoms with Gasteiger partial charge in [-0.25, -0.2) is 0 Å². The van der Waals surface area contributed by atoms with E-state index in [0.29, 0.717) is 11.3 Å². The molecule has 0 spiro atoms. The van der Waals surface area contributed by atoms with Crippen molar-refractivity contribution in [1.82, 2.24) is 0 Å². The van der Waals surface area contributed by atoms with E-state index in [0.717, 1.165) is 0 Å². The van der Waals surface area contributed by atoms with Gasteiger partial charge in [-0.1, -0.05) is 17.2 Å². The van der Waals surface area contributed by atoms with Crippen LogP contribution in [0.3, 0.4) is 0 Å². The number of aliphatic hydroxyl groups is 2. The van der Waals surface area contributed by atoms with E-state index in [9.17, 15) is 10.2 Å². The van der Waals surface area contributed by atoms with Crippen molar-refractivity contribution in [3.05, 3.63) is 40.3 Å². The van der Waals surface area contributed by atoms with E-state index in [1.807, 2.05) is 0 Å². The Hall–Kier alpha value is -1.86. The molecule has 0 aliphatic heterocycles. The van der Waals surface area contributed by atoms with Gasteiger partial charge in [-0.05, 0) is 41.9 Å². The van der Waals surface area contributed by atoms with Gasteiger partial charge in [-0.15, -0.1) is 0 Å². The van der Waals surface area contributed by atoms with Crippen LogP contribution in [0.1, 0.15) is 18.1 Å². The third kappa shape index (κ3) is 5.11. The molecule has 19 heavy (non-hydrogen) atoms. The maximum atomic E-state index is 9.91. The molecule has 0 aliphatic carbocycles. The first-order valence-corrected chi connectivity index (χ1v) is 5.99. The third-order valence-electron chi connectivity index (χ3n) is 2.47. The average Bonchev–Trinajstić information content (AvgIpc) is 2.38. The quantitative estimate of drug-likeness (QED) is 0.271. The van der Waals surface area contributed by atoms with Crippen LogP contribution < -0.4 is 11.1 Å². The lowest BCUT2D eigenvalue weighted by atomic mass is 10.0. The van der Waals surface area contributed by atoms with Crippen LogP contribution in [-0.2, 0) is 0 Å². The third-order valence-corrected chi connectivity index (χ3v) is 2.57. The Labute approximate surface area is 115 Å². The van der Waals surface area contributed by atoms with Crippen LogP contribution in [0.5, 0.6) is 0 Å². The second kappa shape index (κ2) is 7.55. The molecule has 5 N–H and O–H groups in total. The van der Waals surface area contributed by atoms with Crippen LogP contribution in [0.15, 0.2) is 29.4 Å². The van der Waals surface area contributed by atoms with Gasteiger partial charge in [0, 0.05) is 17.1 Å². The monoisotopic (exact) mass is 281 g/mol. The summed E-state index contributed by atoms with van der Waals surface area (Å²) < 4.78 is 0. The number of thiocarbonyl (C=S) groups is 1. The summed E-state index contributed by atoms with van der Waals surface area (Å²) in [5, 5.41) is 25.8. The molecule has 0 aromatic heterocycles. The Balaban J connectivity index is 2.63. The fourth-order valence-corrected chi connectivity index (χ4v) is 1.64. The van der Waals surface area contributed by atoms with Crippen molar-refractivity contribution in [2.45, 2.75) is 18.6 Å². The predicted molar refractivity (Wildman–Crippen MR) is 76.4 cm³/mol. The van der Waals surface area contributed by atoms with Gasteiger partial charge >= 0.3 is 0 Å². The number of nitrogens with zero attached hydrogens (tertiary/aromatic N) is 3. The van der Waals surface area contributed by atoms with Gasteiger partial charge < -0.3 is 21.3 Å². The normalized spacial score (nSPS) is 13.2. The highest BCUT2D eigenvalue weighted by atomic mass is 32.1. The van der Waals surface area contributed by atoms with Crippen LogP contribution in [-0.4, -0.2) is 28.0 Å². The van der Waals surface area contributed by atoms with Gasteiger partial charge in [-0.3, -0.25) is 0 Å². The fraction of sp³-hybridized carbons (Fsp3) is 0.364. The van der Waals surface area contributed by atoms with E-state index < -0.39 is 12.2 Å². The molecule has 0 bridgehead atoms. The Morgan fingerprint density at radius 2 is 2.05 bits per heavy atom. The van der Waals surface area contributed by atoms with Crippen molar-refractivity contribution in [2.24, 2.45) is 10.8 Å². The maximum absolute atomic E-state index is 9.91. The number of rotatable bonds is 6. The van der Waals surface area contributed by atoms with Crippen LogP contribution in [0.25, 0.3) is 10.4 Å². The first-order chi connectivity index (χ1) is 9.04. The number of benzene rings is 1. The van der Waals surface area contributed by atoms with Gasteiger partial charge in [-0.2, -0.15) is 0 Å². The average molecular weight is 281 g/mol. The molecule has 0 radical (unpaired) electrons. The highest BCUT2D eigenvalue weighted by molar-refractivity contribution is 7.80. The topological polar surface area (TPSA) is 127 Å². The fourth-order valence-electron chi connectivity index (χ4n) is 1.52. The molecule has 102 valence electrons. The van der Waals surface area contributed by atoms with E-state index >= 15 is 0 Å². The Kier molecular flexibility index (Phi) is 6.04. The van der Waals surface area contributed by atoms with Crippen molar-refractivity contribution in [2.75, 3.05) is 11.9 Å². The summed E-state index contributed by atoms with van der Waals surface area (Å²) in [6, 6.07) is 6.69. The minimum Gasteiger partial charge on any atom is -0.390 e. The van der Waals surface area contributed by atoms with E-state index in [-0.39, 0.29) is 18.1 Å². The molecule has 0 saturated carbocycles. The van der Waals surface area contributed by atoms with Gasteiger partial charge in [0.1, 0.15) is 6.10 Å². The molecule has 1 aromatic rings. The maximum Gasteiger partial charge on any atom is 0.168 e. The zero-order valence-corrected chi connectivity index (χ0v) is 10.9. The molecule has 0 heterocycles. The first kappa shape index (κ1) is 15.2. The number of nitrogens with one attached hydrogen (secondary N) is 1. The number of nitrogens with two attached hydrogens (primary N) is 1. The second-order valence-corrected chi connectivity index (χ2v) is 4.31. The van der Waals surface area contributed by atoms with Crippen molar-refractivity contribution >= 4 is 23.0 Å². The molecule has 0 aliphatic rings. The zero-order valence-electron chi connectivity index (χ0n) is 10.1. The van der Waals surface area contributed by atoms with Crippen LogP contribution in [0.2, 0.25) is 0 Å². The van der Waals surface area contributed by atoms with E-state index in [4.69, 9.17) is 23.5 Å². The summed E-state index contributed by atoms with van der Waals surface area (Å²) in [7, 11) is 0. The van der Waals surface area contributed by atoms with Gasteiger partial charge in [0.2, 0.25) is 0 Å². The van der Waals surface area contributed by atoms with E-state index in [1.54, 1.807) is 24.3 Å². The number of azide groups is 1. The highest BCUT2D eigenvalue weighted by Gasteiger charge is 2.17. The van der Waals surface area contributed by atoms with Gasteiger partial charge in [0.15, 0.2) is 5.11 Å². The Bertz CT molecular complexity index is 472. The summed E-state index contributed by atoms with van der Waals surface area (Å²) in [6.45, 7) is 0.135. The van der Waals surface area contributed by atoms with E-state index in [1.165, 1.54) is 0 Å². The lowest BCUT2D eigenvalue weighted by Gasteiger charge is -2.17. The molecule has 0 saturated heterocycles. The molecule has 0 amide bonds. The van der Waals surface area contributed by atoms with Crippen LogP contribution >= 0.6 is 12.2 Å². The molecule has 1 rings (SSSR count). The van der Waals surface area contributed by atoms with Crippen molar-refractivity contribution in [3.63, 3.8) is 0 Å².